The number of anilines is 1. The number of amides is 1. The van der Waals surface area contributed by atoms with Crippen LogP contribution in [0.2, 0.25) is 0 Å². The van der Waals surface area contributed by atoms with E-state index in [-0.39, 0.29) is 12.5 Å². The van der Waals surface area contributed by atoms with Gasteiger partial charge < -0.3 is 29.7 Å². The standard InChI is InChI=1S/C28H36N6O4/c1-29-17-22(35)18-38-23-7-5-6-20(14-23)27-31-24(19-8-11-30-25(15-19)28(36)33(2)3)16-26(32-27)34(4)21-9-12-37-13-10-21/h5-8,11,14-16,21-22,29,35H,9-10,12-13,17-18H2,1-4H3. The van der Waals surface area contributed by atoms with Gasteiger partial charge in [-0.05, 0) is 44.2 Å². The summed E-state index contributed by atoms with van der Waals surface area (Å²) < 4.78 is 11.4. The Balaban J connectivity index is 1.72. The van der Waals surface area contributed by atoms with Crippen LogP contribution in [-0.4, -0.2) is 97.6 Å². The van der Waals surface area contributed by atoms with Gasteiger partial charge in [0.25, 0.3) is 5.91 Å². The third-order valence-corrected chi connectivity index (χ3v) is 6.47. The minimum Gasteiger partial charge on any atom is -0.491 e. The Hall–Kier alpha value is -3.60. The fraction of sp³-hybridized carbons (Fsp3) is 0.429. The summed E-state index contributed by atoms with van der Waals surface area (Å²) in [5, 5.41) is 13.0. The second kappa shape index (κ2) is 12.8. The molecule has 1 amide bonds. The largest absolute Gasteiger partial charge is 0.491 e. The Morgan fingerprint density at radius 2 is 1.92 bits per heavy atom. The van der Waals surface area contributed by atoms with E-state index < -0.39 is 6.10 Å². The Kier molecular flexibility index (Phi) is 9.22. The molecule has 0 spiro atoms. The van der Waals surface area contributed by atoms with E-state index in [1.54, 1.807) is 33.4 Å². The Bertz CT molecular complexity index is 1230. The number of aromatic nitrogens is 3. The number of likely N-dealkylation sites (N-methyl/N-ethyl adjacent to an activating group) is 1. The molecule has 4 rings (SSSR count). The summed E-state index contributed by atoms with van der Waals surface area (Å²) in [6.07, 6.45) is 2.84. The van der Waals surface area contributed by atoms with Crippen LogP contribution in [0.3, 0.4) is 0 Å². The molecule has 38 heavy (non-hydrogen) atoms. The summed E-state index contributed by atoms with van der Waals surface area (Å²) in [6.45, 7) is 2.05. The first-order valence-corrected chi connectivity index (χ1v) is 12.8. The molecule has 10 heteroatoms. The predicted molar refractivity (Wildman–Crippen MR) is 146 cm³/mol. The van der Waals surface area contributed by atoms with Crippen LogP contribution in [0.4, 0.5) is 5.82 Å². The van der Waals surface area contributed by atoms with Gasteiger partial charge in [-0.25, -0.2) is 9.97 Å². The molecule has 10 nitrogen and oxygen atoms in total. The number of hydrogen-bond acceptors (Lipinski definition) is 9. The molecule has 1 aliphatic heterocycles. The number of nitrogens with one attached hydrogen (secondary N) is 1. The van der Waals surface area contributed by atoms with Crippen LogP contribution in [0.15, 0.2) is 48.7 Å². The molecule has 1 aromatic carbocycles. The van der Waals surface area contributed by atoms with Crippen molar-refractivity contribution in [2.45, 2.75) is 25.0 Å². The van der Waals surface area contributed by atoms with Crippen LogP contribution >= 0.6 is 0 Å². The summed E-state index contributed by atoms with van der Waals surface area (Å²) in [6, 6.07) is 13.4. The van der Waals surface area contributed by atoms with Gasteiger partial charge in [0, 0.05) is 70.3 Å². The smallest absolute Gasteiger partial charge is 0.271 e. The molecule has 0 radical (unpaired) electrons. The highest BCUT2D eigenvalue weighted by Gasteiger charge is 2.22. The summed E-state index contributed by atoms with van der Waals surface area (Å²) >= 11 is 0. The molecule has 0 bridgehead atoms. The molecule has 1 fully saturated rings. The monoisotopic (exact) mass is 520 g/mol. The zero-order valence-electron chi connectivity index (χ0n) is 22.4. The second-order valence-electron chi connectivity index (χ2n) is 9.57. The zero-order chi connectivity index (χ0) is 27.1. The average molecular weight is 521 g/mol. The lowest BCUT2D eigenvalue weighted by molar-refractivity contribution is 0.0822. The minimum atomic E-state index is -0.617. The number of carbonyl (C=O) groups excluding carboxylic acids is 1. The van der Waals surface area contributed by atoms with Crippen LogP contribution in [0.25, 0.3) is 22.6 Å². The lowest BCUT2D eigenvalue weighted by Crippen LogP contribution is -2.37. The highest BCUT2D eigenvalue weighted by molar-refractivity contribution is 5.93. The lowest BCUT2D eigenvalue weighted by atomic mass is 10.1. The molecule has 1 aliphatic rings. The summed E-state index contributed by atoms with van der Waals surface area (Å²) in [5.41, 5.74) is 2.60. The van der Waals surface area contributed by atoms with Gasteiger partial charge >= 0.3 is 0 Å². The minimum absolute atomic E-state index is 0.169. The molecule has 3 aromatic rings. The highest BCUT2D eigenvalue weighted by atomic mass is 16.5. The van der Waals surface area contributed by atoms with Crippen molar-refractivity contribution in [1.29, 1.82) is 0 Å². The van der Waals surface area contributed by atoms with Crippen molar-refractivity contribution in [2.75, 3.05) is 59.5 Å². The lowest BCUT2D eigenvalue weighted by Gasteiger charge is -2.32. The van der Waals surface area contributed by atoms with Gasteiger partial charge in [-0.2, -0.15) is 0 Å². The fourth-order valence-corrected chi connectivity index (χ4v) is 4.30. The normalized spacial score (nSPS) is 14.7. The molecule has 1 unspecified atom stereocenters. The van der Waals surface area contributed by atoms with Crippen molar-refractivity contribution in [3.05, 3.63) is 54.4 Å². The first-order valence-electron chi connectivity index (χ1n) is 12.8. The fourth-order valence-electron chi connectivity index (χ4n) is 4.30. The van der Waals surface area contributed by atoms with Crippen LogP contribution in [0.5, 0.6) is 5.75 Å². The second-order valence-corrected chi connectivity index (χ2v) is 9.57. The van der Waals surface area contributed by atoms with E-state index in [2.05, 4.69) is 15.2 Å². The van der Waals surface area contributed by atoms with E-state index in [0.29, 0.717) is 35.5 Å². The predicted octanol–water partition coefficient (Wildman–Crippen LogP) is 2.48. The van der Waals surface area contributed by atoms with Gasteiger partial charge in [-0.1, -0.05) is 12.1 Å². The third-order valence-electron chi connectivity index (χ3n) is 6.47. The number of carbonyl (C=O) groups is 1. The number of rotatable bonds is 10. The molecule has 2 aromatic heterocycles. The first kappa shape index (κ1) is 27.4. The Labute approximate surface area is 223 Å². The number of aliphatic hydroxyl groups is 1. The molecular formula is C28H36N6O4. The topological polar surface area (TPSA) is 113 Å². The molecule has 0 aliphatic carbocycles. The van der Waals surface area contributed by atoms with Gasteiger partial charge in [-0.15, -0.1) is 0 Å². The molecule has 3 heterocycles. The SMILES string of the molecule is CNCC(O)COc1cccc(-c2nc(-c3ccnc(C(=O)N(C)C)c3)cc(N(C)C3CCOCC3)n2)c1. The number of hydrogen-bond donors (Lipinski definition) is 2. The van der Waals surface area contributed by atoms with Crippen molar-refractivity contribution < 1.29 is 19.4 Å². The summed E-state index contributed by atoms with van der Waals surface area (Å²) in [5.74, 6) is 1.76. The maximum atomic E-state index is 12.6. The average Bonchev–Trinajstić information content (AvgIpc) is 2.96. The van der Waals surface area contributed by atoms with E-state index in [1.165, 1.54) is 4.90 Å². The van der Waals surface area contributed by atoms with E-state index in [1.807, 2.05) is 43.4 Å². The van der Waals surface area contributed by atoms with Crippen LogP contribution in [0, 0.1) is 0 Å². The van der Waals surface area contributed by atoms with Crippen molar-refractivity contribution in [3.8, 4) is 28.4 Å². The third kappa shape index (κ3) is 6.83. The van der Waals surface area contributed by atoms with Crippen LogP contribution < -0.4 is 15.0 Å². The van der Waals surface area contributed by atoms with E-state index in [9.17, 15) is 9.90 Å². The molecule has 1 atom stereocenters. The van der Waals surface area contributed by atoms with Crippen LogP contribution in [-0.2, 0) is 4.74 Å². The van der Waals surface area contributed by atoms with Gasteiger partial charge in [0.15, 0.2) is 5.82 Å². The van der Waals surface area contributed by atoms with Gasteiger partial charge in [0.2, 0.25) is 0 Å². The van der Waals surface area contributed by atoms with E-state index in [0.717, 1.165) is 43.0 Å². The maximum absolute atomic E-state index is 12.6. The number of benzene rings is 1. The molecule has 1 saturated heterocycles. The Morgan fingerprint density at radius 3 is 2.66 bits per heavy atom. The quantitative estimate of drug-likeness (QED) is 0.416. The molecule has 0 saturated carbocycles. The zero-order valence-corrected chi connectivity index (χ0v) is 22.4. The molecule has 2 N–H and O–H groups in total. The van der Waals surface area contributed by atoms with Crippen molar-refractivity contribution >= 4 is 11.7 Å². The van der Waals surface area contributed by atoms with E-state index in [4.69, 9.17) is 19.4 Å². The van der Waals surface area contributed by atoms with Crippen molar-refractivity contribution in [2.24, 2.45) is 0 Å². The molecular weight excluding hydrogens is 484 g/mol. The first-order chi connectivity index (χ1) is 18.4. The van der Waals surface area contributed by atoms with Gasteiger partial charge in [0.1, 0.15) is 30.0 Å². The number of nitrogens with zero attached hydrogens (tertiary/aromatic N) is 5. The van der Waals surface area contributed by atoms with Crippen LogP contribution in [0.1, 0.15) is 23.3 Å². The number of pyridine rings is 1. The van der Waals surface area contributed by atoms with E-state index >= 15 is 0 Å². The molecule has 202 valence electrons. The number of ether oxygens (including phenoxy) is 2. The number of aliphatic hydroxyl groups excluding tert-OH is 1. The summed E-state index contributed by atoms with van der Waals surface area (Å²) in [4.78, 5) is 30.3. The van der Waals surface area contributed by atoms with Crippen molar-refractivity contribution in [3.63, 3.8) is 0 Å². The Morgan fingerprint density at radius 1 is 1.13 bits per heavy atom. The summed E-state index contributed by atoms with van der Waals surface area (Å²) in [7, 11) is 7.23. The van der Waals surface area contributed by atoms with Gasteiger partial charge in [0.05, 0.1) is 5.69 Å². The highest BCUT2D eigenvalue weighted by Crippen LogP contribution is 2.29. The maximum Gasteiger partial charge on any atom is 0.271 e. The van der Waals surface area contributed by atoms with Crippen molar-refractivity contribution in [1.82, 2.24) is 25.2 Å². The van der Waals surface area contributed by atoms with Gasteiger partial charge in [-0.3, -0.25) is 9.78 Å².